The Balaban J connectivity index is 1.87. The second-order valence-electron chi connectivity index (χ2n) is 4.52. The standard InChI is InChI=1S/C11H20N2O2S/c1-8-7-13(3-4-16-8)11(14)10-5-9(15-2)6-12-10/h8-10,12H,3-7H2,1-2H3. The van der Waals surface area contributed by atoms with Gasteiger partial charge in [0, 0.05) is 37.7 Å². The van der Waals surface area contributed by atoms with Crippen molar-refractivity contribution in [3.8, 4) is 0 Å². The van der Waals surface area contributed by atoms with Gasteiger partial charge in [-0.05, 0) is 6.42 Å². The Labute approximate surface area is 101 Å². The van der Waals surface area contributed by atoms with Crippen LogP contribution in [0.15, 0.2) is 0 Å². The number of thioether (sulfide) groups is 1. The van der Waals surface area contributed by atoms with Gasteiger partial charge in [0.15, 0.2) is 0 Å². The summed E-state index contributed by atoms with van der Waals surface area (Å²) >= 11 is 1.95. The van der Waals surface area contributed by atoms with Crippen molar-refractivity contribution < 1.29 is 9.53 Å². The van der Waals surface area contributed by atoms with E-state index in [9.17, 15) is 4.79 Å². The van der Waals surface area contributed by atoms with Crippen LogP contribution >= 0.6 is 11.8 Å². The summed E-state index contributed by atoms with van der Waals surface area (Å²) in [5.41, 5.74) is 0. The Kier molecular flexibility index (Phi) is 4.10. The minimum atomic E-state index is -0.0275. The van der Waals surface area contributed by atoms with Crippen LogP contribution in [-0.2, 0) is 9.53 Å². The first-order valence-corrected chi connectivity index (χ1v) is 6.92. The van der Waals surface area contributed by atoms with Crippen LogP contribution in [0.5, 0.6) is 0 Å². The Morgan fingerprint density at radius 2 is 2.38 bits per heavy atom. The fraction of sp³-hybridized carbons (Fsp3) is 0.909. The number of hydrogen-bond acceptors (Lipinski definition) is 4. The third kappa shape index (κ3) is 2.70. The molecule has 3 unspecified atom stereocenters. The maximum Gasteiger partial charge on any atom is 0.239 e. The molecule has 0 aromatic heterocycles. The maximum atomic E-state index is 12.2. The van der Waals surface area contributed by atoms with Crippen LogP contribution in [0.4, 0.5) is 0 Å². The van der Waals surface area contributed by atoms with Gasteiger partial charge in [-0.2, -0.15) is 11.8 Å². The Morgan fingerprint density at radius 3 is 3.00 bits per heavy atom. The van der Waals surface area contributed by atoms with Gasteiger partial charge in [-0.25, -0.2) is 0 Å². The highest BCUT2D eigenvalue weighted by Gasteiger charge is 2.33. The first-order chi connectivity index (χ1) is 7.70. The van der Waals surface area contributed by atoms with Crippen molar-refractivity contribution in [2.45, 2.75) is 30.7 Å². The predicted molar refractivity (Wildman–Crippen MR) is 65.7 cm³/mol. The first-order valence-electron chi connectivity index (χ1n) is 5.87. The fourth-order valence-electron chi connectivity index (χ4n) is 2.31. The highest BCUT2D eigenvalue weighted by molar-refractivity contribution is 7.99. The number of ether oxygens (including phenoxy) is 1. The van der Waals surface area contributed by atoms with E-state index in [-0.39, 0.29) is 18.1 Å². The molecule has 2 fully saturated rings. The number of amides is 1. The number of nitrogens with zero attached hydrogens (tertiary/aromatic N) is 1. The first kappa shape index (κ1) is 12.2. The van der Waals surface area contributed by atoms with Crippen LogP contribution in [0.2, 0.25) is 0 Å². The molecule has 1 amide bonds. The molecule has 3 atom stereocenters. The zero-order valence-electron chi connectivity index (χ0n) is 9.94. The van der Waals surface area contributed by atoms with Crippen molar-refractivity contribution in [1.82, 2.24) is 10.2 Å². The molecule has 2 heterocycles. The number of rotatable bonds is 2. The second-order valence-corrected chi connectivity index (χ2v) is 6.07. The van der Waals surface area contributed by atoms with Crippen LogP contribution in [0, 0.1) is 0 Å². The third-order valence-corrected chi connectivity index (χ3v) is 4.41. The van der Waals surface area contributed by atoms with Gasteiger partial charge in [-0.15, -0.1) is 0 Å². The summed E-state index contributed by atoms with van der Waals surface area (Å²) in [5.74, 6) is 1.32. The van der Waals surface area contributed by atoms with Crippen molar-refractivity contribution in [3.05, 3.63) is 0 Å². The van der Waals surface area contributed by atoms with Crippen LogP contribution in [0.25, 0.3) is 0 Å². The lowest BCUT2D eigenvalue weighted by Gasteiger charge is -2.32. The predicted octanol–water partition coefficient (Wildman–Crippen LogP) is 0.327. The molecule has 5 heteroatoms. The SMILES string of the molecule is COC1CNC(C(=O)N2CCSC(C)C2)C1. The molecule has 2 saturated heterocycles. The Bertz CT molecular complexity index is 262. The minimum Gasteiger partial charge on any atom is -0.380 e. The Hall–Kier alpha value is -0.260. The van der Waals surface area contributed by atoms with Crippen molar-refractivity contribution >= 4 is 17.7 Å². The number of nitrogens with one attached hydrogen (secondary N) is 1. The molecule has 2 aliphatic rings. The molecule has 0 aromatic rings. The average molecular weight is 244 g/mol. The van der Waals surface area contributed by atoms with Gasteiger partial charge in [0.1, 0.15) is 0 Å². The topological polar surface area (TPSA) is 41.6 Å². The highest BCUT2D eigenvalue weighted by atomic mass is 32.2. The van der Waals surface area contributed by atoms with E-state index in [1.54, 1.807) is 7.11 Å². The van der Waals surface area contributed by atoms with E-state index in [4.69, 9.17) is 4.74 Å². The quantitative estimate of drug-likeness (QED) is 0.760. The van der Waals surface area contributed by atoms with E-state index in [0.29, 0.717) is 5.25 Å². The van der Waals surface area contributed by atoms with E-state index in [2.05, 4.69) is 12.2 Å². The van der Waals surface area contributed by atoms with E-state index in [1.807, 2.05) is 16.7 Å². The van der Waals surface area contributed by atoms with E-state index in [0.717, 1.165) is 31.8 Å². The van der Waals surface area contributed by atoms with Crippen molar-refractivity contribution in [1.29, 1.82) is 0 Å². The number of hydrogen-bond donors (Lipinski definition) is 1. The van der Waals surface area contributed by atoms with Crippen LogP contribution in [0.1, 0.15) is 13.3 Å². The zero-order valence-corrected chi connectivity index (χ0v) is 10.8. The van der Waals surface area contributed by atoms with Gasteiger partial charge in [0.05, 0.1) is 12.1 Å². The molecule has 0 aromatic carbocycles. The van der Waals surface area contributed by atoms with Gasteiger partial charge < -0.3 is 15.0 Å². The van der Waals surface area contributed by atoms with Crippen molar-refractivity contribution in [3.63, 3.8) is 0 Å². The summed E-state index contributed by atoms with van der Waals surface area (Å²) in [4.78, 5) is 14.2. The Morgan fingerprint density at radius 1 is 1.56 bits per heavy atom. The molecule has 2 aliphatic heterocycles. The molecule has 0 spiro atoms. The normalized spacial score (nSPS) is 35.4. The minimum absolute atomic E-state index is 0.0275. The summed E-state index contributed by atoms with van der Waals surface area (Å²) in [6, 6.07) is -0.0275. The van der Waals surface area contributed by atoms with E-state index in [1.165, 1.54) is 0 Å². The summed E-state index contributed by atoms with van der Waals surface area (Å²) in [5, 5.41) is 3.81. The van der Waals surface area contributed by atoms with Gasteiger partial charge in [-0.3, -0.25) is 4.79 Å². The van der Waals surface area contributed by atoms with E-state index < -0.39 is 0 Å². The molecule has 0 bridgehead atoms. The third-order valence-electron chi connectivity index (χ3n) is 3.27. The largest absolute Gasteiger partial charge is 0.380 e. The molecule has 1 N–H and O–H groups in total. The lowest BCUT2D eigenvalue weighted by Crippen LogP contribution is -2.48. The molecular weight excluding hydrogens is 224 g/mol. The molecule has 92 valence electrons. The molecular formula is C11H20N2O2S. The summed E-state index contributed by atoms with van der Waals surface area (Å²) in [6.45, 7) is 4.76. The van der Waals surface area contributed by atoms with Crippen molar-refractivity contribution in [2.75, 3.05) is 32.5 Å². The fourth-order valence-corrected chi connectivity index (χ4v) is 3.32. The van der Waals surface area contributed by atoms with Gasteiger partial charge >= 0.3 is 0 Å². The molecule has 0 radical (unpaired) electrons. The molecule has 16 heavy (non-hydrogen) atoms. The second kappa shape index (κ2) is 5.38. The van der Waals surface area contributed by atoms with Crippen LogP contribution in [0.3, 0.4) is 0 Å². The van der Waals surface area contributed by atoms with Crippen molar-refractivity contribution in [2.24, 2.45) is 0 Å². The van der Waals surface area contributed by atoms with Crippen LogP contribution < -0.4 is 5.32 Å². The molecule has 0 saturated carbocycles. The lowest BCUT2D eigenvalue weighted by molar-refractivity contribution is -0.133. The average Bonchev–Trinajstić information content (AvgIpc) is 2.76. The zero-order chi connectivity index (χ0) is 11.5. The summed E-state index contributed by atoms with van der Waals surface area (Å²) in [6.07, 6.45) is 1.01. The van der Waals surface area contributed by atoms with Gasteiger partial charge in [0.2, 0.25) is 5.91 Å². The van der Waals surface area contributed by atoms with E-state index >= 15 is 0 Å². The highest BCUT2D eigenvalue weighted by Crippen LogP contribution is 2.20. The monoisotopic (exact) mass is 244 g/mol. The molecule has 2 rings (SSSR count). The smallest absolute Gasteiger partial charge is 0.239 e. The van der Waals surface area contributed by atoms with Crippen LogP contribution in [-0.4, -0.2) is 60.7 Å². The summed E-state index contributed by atoms with van der Waals surface area (Å²) in [7, 11) is 1.71. The van der Waals surface area contributed by atoms with Gasteiger partial charge in [0.25, 0.3) is 0 Å². The number of carbonyl (C=O) groups excluding carboxylic acids is 1. The molecule has 0 aliphatic carbocycles. The van der Waals surface area contributed by atoms with Gasteiger partial charge in [-0.1, -0.05) is 6.92 Å². The molecule has 4 nitrogen and oxygen atoms in total. The lowest BCUT2D eigenvalue weighted by atomic mass is 10.1. The summed E-state index contributed by atoms with van der Waals surface area (Å²) < 4.78 is 5.26. The maximum absolute atomic E-state index is 12.2. The number of carbonyl (C=O) groups is 1. The number of methoxy groups -OCH3 is 1.